The third-order valence-corrected chi connectivity index (χ3v) is 3.12. The van der Waals surface area contributed by atoms with Crippen LogP contribution in [0.3, 0.4) is 0 Å². The second kappa shape index (κ2) is 6.89. The van der Waals surface area contributed by atoms with Crippen LogP contribution >= 0.6 is 0 Å². The van der Waals surface area contributed by atoms with Gasteiger partial charge in [0.05, 0.1) is 0 Å². The van der Waals surface area contributed by atoms with Crippen molar-refractivity contribution >= 4 is 11.9 Å². The topological polar surface area (TPSA) is 52.6 Å². The number of carbonyl (C=O) groups is 2. The van der Waals surface area contributed by atoms with Crippen molar-refractivity contribution in [1.82, 2.24) is 0 Å². The molecule has 0 unspecified atom stereocenters. The van der Waals surface area contributed by atoms with Crippen LogP contribution in [0.25, 0.3) is 0 Å². The van der Waals surface area contributed by atoms with Crippen molar-refractivity contribution in [2.45, 2.75) is 26.7 Å². The molecule has 114 valence electrons. The summed E-state index contributed by atoms with van der Waals surface area (Å²) >= 11 is 0. The number of carbonyl (C=O) groups excluding carboxylic acids is 2. The zero-order valence-electron chi connectivity index (χ0n) is 12.8. The van der Waals surface area contributed by atoms with E-state index in [1.165, 1.54) is 12.5 Å². The van der Waals surface area contributed by atoms with Crippen LogP contribution in [0, 0.1) is 0 Å². The zero-order valence-corrected chi connectivity index (χ0v) is 12.8. The van der Waals surface area contributed by atoms with Gasteiger partial charge in [0.2, 0.25) is 0 Å². The van der Waals surface area contributed by atoms with Gasteiger partial charge in [-0.3, -0.25) is 4.79 Å². The van der Waals surface area contributed by atoms with Gasteiger partial charge in [0.15, 0.2) is 0 Å². The number of hydrogen-bond acceptors (Lipinski definition) is 4. The van der Waals surface area contributed by atoms with Gasteiger partial charge in [0, 0.05) is 6.92 Å². The standard InChI is InChI=1S/C18H18O4/c1-12(2)14-8-10-15(11-9-14)22-18(20)16-6-4-5-7-17(16)21-13(3)19/h4-12H,1-3H3. The molecule has 2 aromatic rings. The van der Waals surface area contributed by atoms with Crippen LogP contribution in [0.4, 0.5) is 0 Å². The fourth-order valence-electron chi connectivity index (χ4n) is 1.96. The molecule has 0 atom stereocenters. The van der Waals surface area contributed by atoms with E-state index in [1.807, 2.05) is 12.1 Å². The number of benzene rings is 2. The first-order valence-corrected chi connectivity index (χ1v) is 7.07. The minimum Gasteiger partial charge on any atom is -0.426 e. The summed E-state index contributed by atoms with van der Waals surface area (Å²) in [6.45, 7) is 5.47. The third kappa shape index (κ3) is 3.95. The molecule has 0 bridgehead atoms. The van der Waals surface area contributed by atoms with Crippen LogP contribution in [0.1, 0.15) is 42.6 Å². The summed E-state index contributed by atoms with van der Waals surface area (Å²) in [4.78, 5) is 23.3. The number of ether oxygens (including phenoxy) is 2. The second-order valence-electron chi connectivity index (χ2n) is 5.20. The summed E-state index contributed by atoms with van der Waals surface area (Å²) in [6, 6.07) is 13.8. The van der Waals surface area contributed by atoms with Crippen molar-refractivity contribution in [3.05, 3.63) is 59.7 Å². The molecule has 0 N–H and O–H groups in total. The molecule has 0 aliphatic carbocycles. The molecule has 0 radical (unpaired) electrons. The maximum absolute atomic E-state index is 12.2. The number of esters is 2. The highest BCUT2D eigenvalue weighted by atomic mass is 16.5. The van der Waals surface area contributed by atoms with Crippen LogP contribution in [-0.4, -0.2) is 11.9 Å². The monoisotopic (exact) mass is 298 g/mol. The number of para-hydroxylation sites is 1. The maximum Gasteiger partial charge on any atom is 0.347 e. The predicted molar refractivity (Wildman–Crippen MR) is 83.2 cm³/mol. The average molecular weight is 298 g/mol. The molecule has 4 nitrogen and oxygen atoms in total. The van der Waals surface area contributed by atoms with Gasteiger partial charge in [-0.15, -0.1) is 0 Å². The normalized spacial score (nSPS) is 10.4. The van der Waals surface area contributed by atoms with E-state index in [-0.39, 0.29) is 11.3 Å². The smallest absolute Gasteiger partial charge is 0.347 e. The van der Waals surface area contributed by atoms with Crippen molar-refractivity contribution in [1.29, 1.82) is 0 Å². The Hall–Kier alpha value is -2.62. The van der Waals surface area contributed by atoms with Crippen LogP contribution in [0.2, 0.25) is 0 Å². The Morgan fingerprint density at radius 3 is 2.14 bits per heavy atom. The summed E-state index contributed by atoms with van der Waals surface area (Å²) in [5.41, 5.74) is 1.38. The molecule has 0 amide bonds. The van der Waals surface area contributed by atoms with Crippen LogP contribution < -0.4 is 9.47 Å². The van der Waals surface area contributed by atoms with Crippen molar-refractivity contribution in [2.75, 3.05) is 0 Å². The minimum atomic E-state index is -0.561. The van der Waals surface area contributed by atoms with Gasteiger partial charge in [0.25, 0.3) is 0 Å². The van der Waals surface area contributed by atoms with Gasteiger partial charge in [-0.1, -0.05) is 38.1 Å². The molecule has 0 aliphatic heterocycles. The zero-order chi connectivity index (χ0) is 16.1. The first-order valence-electron chi connectivity index (χ1n) is 7.07. The summed E-state index contributed by atoms with van der Waals surface area (Å²) in [5.74, 6) is 0.0101. The summed E-state index contributed by atoms with van der Waals surface area (Å²) in [7, 11) is 0. The first-order chi connectivity index (χ1) is 10.5. The molecule has 2 aromatic carbocycles. The molecule has 0 spiro atoms. The van der Waals surface area contributed by atoms with E-state index in [1.54, 1.807) is 36.4 Å². The Balaban J connectivity index is 2.17. The van der Waals surface area contributed by atoms with Gasteiger partial charge >= 0.3 is 11.9 Å². The van der Waals surface area contributed by atoms with Gasteiger partial charge in [-0.2, -0.15) is 0 Å². The van der Waals surface area contributed by atoms with E-state index in [0.717, 1.165) is 0 Å². The molecule has 0 saturated carbocycles. The lowest BCUT2D eigenvalue weighted by molar-refractivity contribution is -0.131. The van der Waals surface area contributed by atoms with Gasteiger partial charge < -0.3 is 9.47 Å². The molecule has 2 rings (SSSR count). The molecular formula is C18H18O4. The van der Waals surface area contributed by atoms with E-state index in [9.17, 15) is 9.59 Å². The van der Waals surface area contributed by atoms with E-state index in [2.05, 4.69) is 13.8 Å². The third-order valence-electron chi connectivity index (χ3n) is 3.12. The van der Waals surface area contributed by atoms with Crippen molar-refractivity contribution in [3.8, 4) is 11.5 Å². The average Bonchev–Trinajstić information content (AvgIpc) is 2.47. The van der Waals surface area contributed by atoms with E-state index in [4.69, 9.17) is 9.47 Å². The second-order valence-corrected chi connectivity index (χ2v) is 5.20. The van der Waals surface area contributed by atoms with E-state index >= 15 is 0 Å². The lowest BCUT2D eigenvalue weighted by atomic mass is 10.0. The largest absolute Gasteiger partial charge is 0.426 e. The number of rotatable bonds is 4. The fraction of sp³-hybridized carbons (Fsp3) is 0.222. The predicted octanol–water partition coefficient (Wildman–Crippen LogP) is 3.95. The van der Waals surface area contributed by atoms with Crippen molar-refractivity contribution in [2.24, 2.45) is 0 Å². The van der Waals surface area contributed by atoms with Crippen molar-refractivity contribution < 1.29 is 19.1 Å². The Bertz CT molecular complexity index is 672. The molecule has 0 saturated heterocycles. The summed E-state index contributed by atoms with van der Waals surface area (Å²) < 4.78 is 10.3. The van der Waals surface area contributed by atoms with E-state index < -0.39 is 11.9 Å². The highest BCUT2D eigenvalue weighted by Crippen LogP contribution is 2.22. The fourth-order valence-corrected chi connectivity index (χ4v) is 1.96. The maximum atomic E-state index is 12.2. The first kappa shape index (κ1) is 15.8. The Morgan fingerprint density at radius 1 is 0.909 bits per heavy atom. The van der Waals surface area contributed by atoms with E-state index in [0.29, 0.717) is 11.7 Å². The molecule has 22 heavy (non-hydrogen) atoms. The molecule has 0 heterocycles. The lowest BCUT2D eigenvalue weighted by Gasteiger charge is -2.10. The quantitative estimate of drug-likeness (QED) is 0.633. The summed E-state index contributed by atoms with van der Waals surface area (Å²) in [5, 5.41) is 0. The van der Waals surface area contributed by atoms with Gasteiger partial charge in [-0.25, -0.2) is 4.79 Å². The summed E-state index contributed by atoms with van der Waals surface area (Å²) in [6.07, 6.45) is 0. The van der Waals surface area contributed by atoms with Crippen molar-refractivity contribution in [3.63, 3.8) is 0 Å². The van der Waals surface area contributed by atoms with Crippen LogP contribution in [0.15, 0.2) is 48.5 Å². The SMILES string of the molecule is CC(=O)Oc1ccccc1C(=O)Oc1ccc(C(C)C)cc1. The van der Waals surface area contributed by atoms with Gasteiger partial charge in [0.1, 0.15) is 17.1 Å². The van der Waals surface area contributed by atoms with Crippen LogP contribution in [0.5, 0.6) is 11.5 Å². The van der Waals surface area contributed by atoms with Gasteiger partial charge in [-0.05, 0) is 35.7 Å². The Labute approximate surface area is 129 Å². The molecule has 0 aliphatic rings. The Morgan fingerprint density at radius 2 is 1.55 bits per heavy atom. The Kier molecular flexibility index (Phi) is 4.94. The van der Waals surface area contributed by atoms with Crippen LogP contribution in [-0.2, 0) is 4.79 Å². The number of hydrogen-bond donors (Lipinski definition) is 0. The lowest BCUT2D eigenvalue weighted by Crippen LogP contribution is -2.12. The molecule has 4 heteroatoms. The molecular weight excluding hydrogens is 280 g/mol. The minimum absolute atomic E-state index is 0.193. The molecule has 0 aromatic heterocycles. The highest BCUT2D eigenvalue weighted by Gasteiger charge is 2.15. The highest BCUT2D eigenvalue weighted by molar-refractivity contribution is 5.94. The molecule has 0 fully saturated rings.